The monoisotopic (exact) mass is 490 g/mol. The van der Waals surface area contributed by atoms with Gasteiger partial charge in [-0.25, -0.2) is 4.79 Å². The van der Waals surface area contributed by atoms with E-state index >= 15 is 0 Å². The van der Waals surface area contributed by atoms with Gasteiger partial charge in [-0.05, 0) is 67.5 Å². The van der Waals surface area contributed by atoms with E-state index in [2.05, 4.69) is 22.5 Å². The van der Waals surface area contributed by atoms with Crippen molar-refractivity contribution in [2.75, 3.05) is 19.6 Å². The Hall–Kier alpha value is -3.00. The van der Waals surface area contributed by atoms with Crippen molar-refractivity contribution in [1.29, 1.82) is 0 Å². The third-order valence-corrected chi connectivity index (χ3v) is 9.31. The van der Waals surface area contributed by atoms with Crippen molar-refractivity contribution in [1.82, 2.24) is 20.1 Å². The Morgan fingerprint density at radius 2 is 1.97 bits per heavy atom. The lowest BCUT2D eigenvalue weighted by molar-refractivity contribution is -0.139. The number of rotatable bonds is 6. The lowest BCUT2D eigenvalue weighted by atomic mass is 9.74. The molecule has 4 atom stereocenters. The fourth-order valence-corrected chi connectivity index (χ4v) is 7.26. The number of allylic oxidation sites excluding steroid dienone is 2. The molecule has 2 aromatic rings. The molecule has 0 radical (unpaired) electrons. The largest absolute Gasteiger partial charge is 0.342 e. The first kappa shape index (κ1) is 22.5. The average Bonchev–Trinajstić information content (AvgIpc) is 3.69. The molecular weight excluding hydrogens is 460 g/mol. The minimum atomic E-state index is -1.18. The predicted octanol–water partition coefficient (Wildman–Crippen LogP) is 3.58. The van der Waals surface area contributed by atoms with E-state index in [1.165, 1.54) is 4.90 Å². The number of fused-ring (bicyclic) bond motifs is 2. The number of piperidine rings is 1. The van der Waals surface area contributed by atoms with Crippen LogP contribution in [-0.2, 0) is 21.5 Å². The molecule has 1 N–H and O–H groups in total. The van der Waals surface area contributed by atoms with Crippen LogP contribution in [0.1, 0.15) is 36.3 Å². The molecule has 2 aliphatic heterocycles. The minimum absolute atomic E-state index is 0.104. The van der Waals surface area contributed by atoms with E-state index in [0.717, 1.165) is 17.7 Å². The summed E-state index contributed by atoms with van der Waals surface area (Å²) in [6.45, 7) is 1.55. The number of imide groups is 1. The smallest absolute Gasteiger partial charge is 0.325 e. The molecule has 0 unspecified atom stereocenters. The number of likely N-dealkylation sites (tertiary alicyclic amines) is 1. The first-order valence-corrected chi connectivity index (χ1v) is 13.5. The number of nitrogens with one attached hydrogen (secondary N) is 1. The van der Waals surface area contributed by atoms with Crippen LogP contribution in [0.5, 0.6) is 0 Å². The number of thiophene rings is 1. The van der Waals surface area contributed by atoms with Crippen molar-refractivity contribution in [3.8, 4) is 0 Å². The molecule has 7 nitrogen and oxygen atoms in total. The molecule has 2 saturated heterocycles. The summed E-state index contributed by atoms with van der Waals surface area (Å²) in [5.74, 6) is 0.965. The summed E-state index contributed by atoms with van der Waals surface area (Å²) >= 11 is 1.63. The molecule has 2 aliphatic carbocycles. The summed E-state index contributed by atoms with van der Waals surface area (Å²) in [5, 5.41) is 5.07. The fraction of sp³-hybridized carbons (Fsp3) is 0.481. The second-order valence-electron chi connectivity index (χ2n) is 10.2. The van der Waals surface area contributed by atoms with Crippen molar-refractivity contribution in [2.45, 2.75) is 37.6 Å². The quantitative estimate of drug-likeness (QED) is 0.496. The maximum absolute atomic E-state index is 13.9. The highest BCUT2D eigenvalue weighted by Gasteiger charge is 2.58. The van der Waals surface area contributed by atoms with Gasteiger partial charge < -0.3 is 10.2 Å². The Bertz CT molecular complexity index is 1140. The van der Waals surface area contributed by atoms with Gasteiger partial charge in [-0.1, -0.05) is 24.3 Å². The van der Waals surface area contributed by atoms with Crippen LogP contribution in [0.15, 0.2) is 54.1 Å². The van der Waals surface area contributed by atoms with Gasteiger partial charge in [0.2, 0.25) is 5.91 Å². The van der Waals surface area contributed by atoms with Crippen LogP contribution in [0.2, 0.25) is 0 Å². The normalized spacial score (nSPS) is 30.3. The number of nitrogens with zero attached hydrogens (tertiary/aromatic N) is 3. The maximum Gasteiger partial charge on any atom is 0.325 e. The van der Waals surface area contributed by atoms with E-state index in [1.807, 2.05) is 40.6 Å². The Labute approximate surface area is 209 Å². The summed E-state index contributed by atoms with van der Waals surface area (Å²) in [4.78, 5) is 49.3. The number of amides is 4. The molecule has 3 fully saturated rings. The van der Waals surface area contributed by atoms with Crippen molar-refractivity contribution >= 4 is 29.2 Å². The molecule has 2 aromatic heterocycles. The van der Waals surface area contributed by atoms with Crippen LogP contribution in [0, 0.1) is 23.7 Å². The number of aromatic nitrogens is 1. The molecule has 35 heavy (non-hydrogen) atoms. The molecule has 0 aromatic carbocycles. The molecule has 4 heterocycles. The van der Waals surface area contributed by atoms with Gasteiger partial charge in [-0.2, -0.15) is 0 Å². The summed E-state index contributed by atoms with van der Waals surface area (Å²) < 4.78 is 0. The Balaban J connectivity index is 1.21. The van der Waals surface area contributed by atoms with Crippen molar-refractivity contribution < 1.29 is 14.4 Å². The van der Waals surface area contributed by atoms with E-state index < -0.39 is 5.54 Å². The van der Waals surface area contributed by atoms with E-state index in [-0.39, 0.29) is 29.7 Å². The molecular formula is C27H30N4O3S. The van der Waals surface area contributed by atoms with Crippen molar-refractivity contribution in [3.63, 3.8) is 0 Å². The summed E-state index contributed by atoms with van der Waals surface area (Å²) in [7, 11) is 0. The Morgan fingerprint density at radius 1 is 1.11 bits per heavy atom. The third-order valence-electron chi connectivity index (χ3n) is 8.38. The average molecular weight is 491 g/mol. The second kappa shape index (κ2) is 8.90. The number of urea groups is 1. The highest BCUT2D eigenvalue weighted by Crippen LogP contribution is 2.45. The van der Waals surface area contributed by atoms with E-state index in [9.17, 15) is 14.4 Å². The van der Waals surface area contributed by atoms with E-state index in [4.69, 9.17) is 0 Å². The molecule has 4 aliphatic rings. The molecule has 1 saturated carbocycles. The summed E-state index contributed by atoms with van der Waals surface area (Å²) in [5.41, 5.74) is -0.599. The summed E-state index contributed by atoms with van der Waals surface area (Å²) in [6.07, 6.45) is 10.2. The fourth-order valence-electron chi connectivity index (χ4n) is 6.56. The lowest BCUT2D eigenvalue weighted by Gasteiger charge is -2.41. The van der Waals surface area contributed by atoms with Crippen LogP contribution in [0.3, 0.4) is 0 Å². The van der Waals surface area contributed by atoms with Gasteiger partial charge >= 0.3 is 6.03 Å². The highest BCUT2D eigenvalue weighted by molar-refractivity contribution is 7.09. The number of carbonyl (C=O) groups is 3. The zero-order chi connectivity index (χ0) is 24.0. The predicted molar refractivity (Wildman–Crippen MR) is 132 cm³/mol. The molecule has 6 rings (SSSR count). The highest BCUT2D eigenvalue weighted by atomic mass is 32.1. The van der Waals surface area contributed by atoms with Gasteiger partial charge in [-0.3, -0.25) is 19.5 Å². The Kier molecular flexibility index (Phi) is 5.71. The van der Waals surface area contributed by atoms with Crippen LogP contribution in [0.25, 0.3) is 0 Å². The second-order valence-corrected chi connectivity index (χ2v) is 11.3. The first-order valence-electron chi connectivity index (χ1n) is 12.6. The molecule has 4 amide bonds. The van der Waals surface area contributed by atoms with Crippen LogP contribution < -0.4 is 5.32 Å². The number of pyridine rings is 1. The molecule has 0 spiro atoms. The van der Waals surface area contributed by atoms with Crippen LogP contribution >= 0.6 is 11.3 Å². The zero-order valence-electron chi connectivity index (χ0n) is 19.6. The van der Waals surface area contributed by atoms with Gasteiger partial charge in [0.15, 0.2) is 5.54 Å². The molecule has 8 heteroatoms. The molecule has 182 valence electrons. The van der Waals surface area contributed by atoms with Gasteiger partial charge in [0.05, 0.1) is 5.69 Å². The lowest BCUT2D eigenvalue weighted by Crippen LogP contribution is -2.55. The number of hydrogen-bond acceptors (Lipinski definition) is 5. The standard InChI is InChI=1S/C27H30N4O3S/c32-24(22-17-18-6-7-19(22)16-18)30-12-8-20(9-13-30)27(23-5-1-2-11-28-23)25(33)31(26(34)29-27)14-10-21-4-3-15-35-21/h1-7,11,15,18-20,22H,8-10,12-14,16-17H2,(H,29,34)/t18-,19+,22-,27-/m1/s1. The van der Waals surface area contributed by atoms with Gasteiger partial charge in [-0.15, -0.1) is 11.3 Å². The van der Waals surface area contributed by atoms with E-state index in [0.29, 0.717) is 56.4 Å². The zero-order valence-corrected chi connectivity index (χ0v) is 20.5. The van der Waals surface area contributed by atoms with E-state index in [1.54, 1.807) is 17.5 Å². The van der Waals surface area contributed by atoms with Gasteiger partial charge in [0, 0.05) is 42.5 Å². The van der Waals surface area contributed by atoms with Crippen LogP contribution in [-0.4, -0.2) is 52.3 Å². The van der Waals surface area contributed by atoms with Gasteiger partial charge in [0.25, 0.3) is 5.91 Å². The third kappa shape index (κ3) is 3.78. The summed E-state index contributed by atoms with van der Waals surface area (Å²) in [6, 6.07) is 9.15. The van der Waals surface area contributed by atoms with Crippen LogP contribution in [0.4, 0.5) is 4.79 Å². The number of hydrogen-bond donors (Lipinski definition) is 1. The SMILES string of the molecule is O=C([C@@H]1C[C@@H]2C=C[C@H]1C2)N1CCC([C@]2(c3ccccn3)NC(=O)N(CCc3cccs3)C2=O)CC1. The van der Waals surface area contributed by atoms with Gasteiger partial charge in [0.1, 0.15) is 0 Å². The topological polar surface area (TPSA) is 82.6 Å². The minimum Gasteiger partial charge on any atom is -0.342 e. The molecule has 2 bridgehead atoms. The first-order chi connectivity index (χ1) is 17.1. The Morgan fingerprint density at radius 3 is 2.63 bits per heavy atom. The van der Waals surface area contributed by atoms with Crippen molar-refractivity contribution in [3.05, 3.63) is 64.6 Å². The van der Waals surface area contributed by atoms with Crippen molar-refractivity contribution in [2.24, 2.45) is 23.7 Å². The maximum atomic E-state index is 13.9. The number of carbonyl (C=O) groups excluding carboxylic acids is 3.